The lowest BCUT2D eigenvalue weighted by atomic mass is 10.1. The molecule has 1 aliphatic rings. The quantitative estimate of drug-likeness (QED) is 0.872. The molecule has 0 aliphatic heterocycles. The SMILES string of the molecule is COc1ccc(C2(NS(=O)(=O)c3ccc(OC)cc3C)CC2)cc1. The molecule has 1 fully saturated rings. The Kier molecular flexibility index (Phi) is 4.27. The summed E-state index contributed by atoms with van der Waals surface area (Å²) in [7, 11) is -0.444. The maximum absolute atomic E-state index is 12.8. The minimum atomic E-state index is -3.61. The third-order valence-electron chi connectivity index (χ3n) is 4.39. The highest BCUT2D eigenvalue weighted by Crippen LogP contribution is 2.47. The van der Waals surface area contributed by atoms with Crippen molar-refractivity contribution in [1.29, 1.82) is 0 Å². The number of methoxy groups -OCH3 is 2. The number of nitrogens with one attached hydrogen (secondary N) is 1. The molecule has 0 unspecified atom stereocenters. The van der Waals surface area contributed by atoms with Crippen LogP contribution in [0.5, 0.6) is 11.5 Å². The van der Waals surface area contributed by atoms with E-state index in [1.54, 1.807) is 39.3 Å². The van der Waals surface area contributed by atoms with Gasteiger partial charge in [0.05, 0.1) is 24.7 Å². The molecule has 0 atom stereocenters. The third kappa shape index (κ3) is 3.12. The molecular weight excluding hydrogens is 326 g/mol. The Labute approximate surface area is 142 Å². The number of sulfonamides is 1. The highest BCUT2D eigenvalue weighted by atomic mass is 32.2. The maximum atomic E-state index is 12.8. The minimum absolute atomic E-state index is 0.281. The van der Waals surface area contributed by atoms with Crippen LogP contribution >= 0.6 is 0 Å². The molecule has 1 saturated carbocycles. The summed E-state index contributed by atoms with van der Waals surface area (Å²) in [5, 5.41) is 0. The predicted molar refractivity (Wildman–Crippen MR) is 92.0 cm³/mol. The molecule has 0 heterocycles. The Morgan fingerprint density at radius 2 is 1.54 bits per heavy atom. The van der Waals surface area contributed by atoms with Crippen molar-refractivity contribution in [3.05, 3.63) is 53.6 Å². The van der Waals surface area contributed by atoms with Gasteiger partial charge in [-0.15, -0.1) is 0 Å². The highest BCUT2D eigenvalue weighted by Gasteiger charge is 2.47. The zero-order valence-electron chi connectivity index (χ0n) is 14.0. The van der Waals surface area contributed by atoms with Crippen LogP contribution in [0, 0.1) is 6.92 Å². The first-order valence-corrected chi connectivity index (χ1v) is 9.22. The van der Waals surface area contributed by atoms with Gasteiger partial charge in [0.15, 0.2) is 0 Å². The number of aryl methyl sites for hydroxylation is 1. The topological polar surface area (TPSA) is 64.6 Å². The van der Waals surface area contributed by atoms with Gasteiger partial charge in [-0.1, -0.05) is 12.1 Å². The molecule has 0 radical (unpaired) electrons. The van der Waals surface area contributed by atoms with E-state index < -0.39 is 15.6 Å². The summed E-state index contributed by atoms with van der Waals surface area (Å²) in [5.41, 5.74) is 1.10. The van der Waals surface area contributed by atoms with Gasteiger partial charge in [0, 0.05) is 0 Å². The van der Waals surface area contributed by atoms with Gasteiger partial charge in [-0.3, -0.25) is 0 Å². The lowest BCUT2D eigenvalue weighted by molar-refractivity contribution is 0.414. The summed E-state index contributed by atoms with van der Waals surface area (Å²) < 4.78 is 38.8. The fraction of sp³-hybridized carbons (Fsp3) is 0.333. The molecule has 0 saturated heterocycles. The predicted octanol–water partition coefficient (Wildman–Crippen LogP) is 2.98. The van der Waals surface area contributed by atoms with Crippen molar-refractivity contribution >= 4 is 10.0 Å². The van der Waals surface area contributed by atoms with Crippen molar-refractivity contribution in [2.75, 3.05) is 14.2 Å². The molecule has 128 valence electrons. The smallest absolute Gasteiger partial charge is 0.241 e. The Balaban J connectivity index is 1.88. The van der Waals surface area contributed by atoms with Crippen LogP contribution in [-0.4, -0.2) is 22.6 Å². The monoisotopic (exact) mass is 347 g/mol. The highest BCUT2D eigenvalue weighted by molar-refractivity contribution is 7.89. The average molecular weight is 347 g/mol. The molecule has 3 rings (SSSR count). The maximum Gasteiger partial charge on any atom is 0.241 e. The fourth-order valence-electron chi connectivity index (χ4n) is 2.85. The lowest BCUT2D eigenvalue weighted by Crippen LogP contribution is -2.35. The summed E-state index contributed by atoms with van der Waals surface area (Å²) in [6, 6.07) is 12.5. The zero-order chi connectivity index (χ0) is 17.4. The van der Waals surface area contributed by atoms with E-state index in [2.05, 4.69) is 4.72 Å². The van der Waals surface area contributed by atoms with Crippen molar-refractivity contribution < 1.29 is 17.9 Å². The summed E-state index contributed by atoms with van der Waals surface area (Å²) >= 11 is 0. The summed E-state index contributed by atoms with van der Waals surface area (Å²) in [5.74, 6) is 1.39. The van der Waals surface area contributed by atoms with Gasteiger partial charge in [-0.05, 0) is 61.2 Å². The normalized spacial score (nSPS) is 15.8. The minimum Gasteiger partial charge on any atom is -0.497 e. The molecule has 0 aromatic heterocycles. The van der Waals surface area contributed by atoms with Crippen molar-refractivity contribution in [3.63, 3.8) is 0 Å². The first kappa shape index (κ1) is 16.8. The Morgan fingerprint density at radius 3 is 2.04 bits per heavy atom. The van der Waals surface area contributed by atoms with Crippen LogP contribution in [0.3, 0.4) is 0 Å². The number of rotatable bonds is 6. The van der Waals surface area contributed by atoms with E-state index in [0.29, 0.717) is 11.3 Å². The second-order valence-electron chi connectivity index (χ2n) is 6.05. The second kappa shape index (κ2) is 6.11. The molecule has 1 aliphatic carbocycles. The van der Waals surface area contributed by atoms with Crippen LogP contribution < -0.4 is 14.2 Å². The van der Waals surface area contributed by atoms with Crippen LogP contribution in [0.1, 0.15) is 24.0 Å². The Bertz CT molecular complexity index is 840. The van der Waals surface area contributed by atoms with Crippen LogP contribution in [0.4, 0.5) is 0 Å². The van der Waals surface area contributed by atoms with Crippen LogP contribution in [0.15, 0.2) is 47.4 Å². The van der Waals surface area contributed by atoms with E-state index in [9.17, 15) is 8.42 Å². The van der Waals surface area contributed by atoms with Crippen molar-refractivity contribution in [2.45, 2.75) is 30.2 Å². The number of hydrogen-bond donors (Lipinski definition) is 1. The van der Waals surface area contributed by atoms with E-state index in [1.165, 1.54) is 0 Å². The lowest BCUT2D eigenvalue weighted by Gasteiger charge is -2.19. The summed E-state index contributed by atoms with van der Waals surface area (Å²) in [6.45, 7) is 1.77. The van der Waals surface area contributed by atoms with Gasteiger partial charge in [-0.25, -0.2) is 13.1 Å². The van der Waals surface area contributed by atoms with Gasteiger partial charge in [0.2, 0.25) is 10.0 Å². The molecular formula is C18H21NO4S. The molecule has 5 nitrogen and oxygen atoms in total. The van der Waals surface area contributed by atoms with E-state index >= 15 is 0 Å². The van der Waals surface area contributed by atoms with Crippen molar-refractivity contribution in [2.24, 2.45) is 0 Å². The first-order valence-electron chi connectivity index (χ1n) is 7.73. The largest absolute Gasteiger partial charge is 0.497 e. The molecule has 24 heavy (non-hydrogen) atoms. The molecule has 0 amide bonds. The summed E-state index contributed by atoms with van der Waals surface area (Å²) in [4.78, 5) is 0.281. The number of hydrogen-bond acceptors (Lipinski definition) is 4. The fourth-order valence-corrected chi connectivity index (χ4v) is 4.52. The van der Waals surface area contributed by atoms with Crippen LogP contribution in [-0.2, 0) is 15.6 Å². The molecule has 2 aromatic rings. The third-order valence-corrected chi connectivity index (χ3v) is 6.09. The van der Waals surface area contributed by atoms with Crippen LogP contribution in [0.2, 0.25) is 0 Å². The number of benzene rings is 2. The van der Waals surface area contributed by atoms with Crippen molar-refractivity contribution in [3.8, 4) is 11.5 Å². The van der Waals surface area contributed by atoms with Gasteiger partial charge < -0.3 is 9.47 Å². The van der Waals surface area contributed by atoms with E-state index in [-0.39, 0.29) is 4.90 Å². The first-order chi connectivity index (χ1) is 11.4. The van der Waals surface area contributed by atoms with Gasteiger partial charge in [0.1, 0.15) is 11.5 Å². The molecule has 2 aromatic carbocycles. The number of ether oxygens (including phenoxy) is 2. The molecule has 6 heteroatoms. The molecule has 0 spiro atoms. The van der Waals surface area contributed by atoms with Gasteiger partial charge >= 0.3 is 0 Å². The van der Waals surface area contributed by atoms with E-state index in [1.807, 2.05) is 24.3 Å². The van der Waals surface area contributed by atoms with Crippen molar-refractivity contribution in [1.82, 2.24) is 4.72 Å². The average Bonchev–Trinajstić information content (AvgIpc) is 3.34. The molecule has 0 bridgehead atoms. The molecule has 1 N–H and O–H groups in total. The summed E-state index contributed by atoms with van der Waals surface area (Å²) in [6.07, 6.45) is 1.57. The second-order valence-corrected chi connectivity index (χ2v) is 7.70. The van der Waals surface area contributed by atoms with E-state index in [4.69, 9.17) is 9.47 Å². The van der Waals surface area contributed by atoms with Gasteiger partial charge in [-0.2, -0.15) is 0 Å². The van der Waals surface area contributed by atoms with E-state index in [0.717, 1.165) is 24.2 Å². The zero-order valence-corrected chi connectivity index (χ0v) is 14.8. The van der Waals surface area contributed by atoms with Crippen LogP contribution in [0.25, 0.3) is 0 Å². The van der Waals surface area contributed by atoms with Gasteiger partial charge in [0.25, 0.3) is 0 Å². The standard InChI is InChI=1S/C18H21NO4S/c1-13-12-16(23-3)8-9-17(13)24(20,21)19-18(10-11-18)14-4-6-15(22-2)7-5-14/h4-9,12,19H,10-11H2,1-3H3. The Morgan fingerprint density at radius 1 is 0.958 bits per heavy atom. The Hall–Kier alpha value is -2.05.